The van der Waals surface area contributed by atoms with Crippen molar-refractivity contribution in [1.82, 2.24) is 39.0 Å². The van der Waals surface area contributed by atoms with E-state index in [1.165, 1.54) is 17.2 Å². The Labute approximate surface area is 244 Å². The predicted molar refractivity (Wildman–Crippen MR) is 145 cm³/mol. The Bertz CT molecular complexity index is 1830. The van der Waals surface area contributed by atoms with Crippen LogP contribution in [0.5, 0.6) is 0 Å². The summed E-state index contributed by atoms with van der Waals surface area (Å²) in [5.74, 6) is -0.236. The van der Waals surface area contributed by atoms with Gasteiger partial charge in [0, 0.05) is 0 Å². The number of aliphatic hydroxyl groups excluding tert-OH is 3. The summed E-state index contributed by atoms with van der Waals surface area (Å²) in [6, 6.07) is 0. The molecule has 0 spiro atoms. The van der Waals surface area contributed by atoms with Crippen LogP contribution in [0.2, 0.25) is 0 Å². The molecule has 4 aromatic rings. The van der Waals surface area contributed by atoms with Gasteiger partial charge in [0.1, 0.15) is 48.0 Å². The molecule has 6 rings (SSSR count). The minimum Gasteiger partial charge on any atom is -0.389 e. The largest absolute Gasteiger partial charge is 0.389 e. The monoisotopic (exact) mass is 660 g/mol. The summed E-state index contributed by atoms with van der Waals surface area (Å²) in [4.78, 5) is 54.7. The van der Waals surface area contributed by atoms with E-state index in [2.05, 4.69) is 34.4 Å². The van der Waals surface area contributed by atoms with Crippen molar-refractivity contribution in [2.75, 3.05) is 24.7 Å². The minimum absolute atomic E-state index is 0.0677. The highest BCUT2D eigenvalue weighted by atomic mass is 31.2. The van der Waals surface area contributed by atoms with E-state index in [4.69, 9.17) is 30.4 Å². The molecule has 0 aliphatic carbocycles. The number of fused-ring (bicyclic) bond motifs is 2. The van der Waals surface area contributed by atoms with Crippen LogP contribution in [0, 0.1) is 0 Å². The Morgan fingerprint density at radius 1 is 0.955 bits per heavy atom. The van der Waals surface area contributed by atoms with Gasteiger partial charge < -0.3 is 55.1 Å². The van der Waals surface area contributed by atoms with Gasteiger partial charge in [-0.15, -0.1) is 0 Å². The number of hydrogen-bond acceptors (Lipinski definition) is 17. The summed E-state index contributed by atoms with van der Waals surface area (Å²) in [5.41, 5.74) is 8.96. The van der Waals surface area contributed by atoms with Crippen molar-refractivity contribution in [3.8, 4) is 0 Å². The van der Waals surface area contributed by atoms with Crippen LogP contribution in [0.15, 0.2) is 23.8 Å². The molecule has 2 fully saturated rings. The number of hydrogen-bond donors (Lipinski definition) is 8. The van der Waals surface area contributed by atoms with Crippen molar-refractivity contribution in [3.05, 3.63) is 29.3 Å². The Balaban J connectivity index is 1.26. The first kappa shape index (κ1) is 30.6. The summed E-state index contributed by atoms with van der Waals surface area (Å²) in [5, 5.41) is 32.4. The van der Waals surface area contributed by atoms with E-state index in [0.717, 1.165) is 10.9 Å². The Morgan fingerprint density at radius 2 is 1.61 bits per heavy atom. The van der Waals surface area contributed by atoms with Gasteiger partial charge in [0.15, 0.2) is 35.1 Å². The quantitative estimate of drug-likeness (QED) is 0.0827. The van der Waals surface area contributed by atoms with E-state index in [1.807, 2.05) is 0 Å². The molecule has 0 amide bonds. The molecule has 2 saturated heterocycles. The van der Waals surface area contributed by atoms with Crippen LogP contribution < -0.4 is 17.0 Å². The van der Waals surface area contributed by atoms with Crippen LogP contribution in [-0.4, -0.2) is 114 Å². The molecule has 2 aliphatic rings. The topological polar surface area (TPSA) is 331 Å². The van der Waals surface area contributed by atoms with Crippen LogP contribution in [0.4, 0.5) is 11.8 Å². The molecule has 6 heterocycles. The molecule has 238 valence electrons. The van der Waals surface area contributed by atoms with Crippen molar-refractivity contribution in [1.29, 1.82) is 0 Å². The first-order valence-corrected chi connectivity index (χ1v) is 15.6. The van der Waals surface area contributed by atoms with E-state index >= 15 is 0 Å². The van der Waals surface area contributed by atoms with E-state index in [1.54, 1.807) is 0 Å². The fourth-order valence-corrected chi connectivity index (χ4v) is 7.11. The van der Waals surface area contributed by atoms with Crippen LogP contribution in [-0.2, 0) is 27.7 Å². The lowest BCUT2D eigenvalue weighted by molar-refractivity contribution is -0.0494. The SMILES string of the molecule is Nc1nc2c(ncn2[C@@H]2O[C@H](CO[PH](=O)O)[C@@H](O)[C@H]2P(=O)(O)OC[C@H]2O[C@@H](n3cnc4c(N)ncnc43)[C@@H](O)[C@@H]2O)c(=O)[nH]1. The van der Waals surface area contributed by atoms with E-state index in [9.17, 15) is 34.1 Å². The van der Waals surface area contributed by atoms with Crippen LogP contribution in [0.1, 0.15) is 12.5 Å². The molecule has 0 bridgehead atoms. The highest BCUT2D eigenvalue weighted by Crippen LogP contribution is 2.57. The Hall–Kier alpha value is -3.40. The van der Waals surface area contributed by atoms with Crippen molar-refractivity contribution < 1.29 is 52.8 Å². The fraction of sp³-hybridized carbons (Fsp3) is 0.500. The van der Waals surface area contributed by atoms with Gasteiger partial charge in [-0.05, 0) is 0 Å². The highest BCUT2D eigenvalue weighted by Gasteiger charge is 2.56. The van der Waals surface area contributed by atoms with Crippen molar-refractivity contribution in [2.45, 2.75) is 48.6 Å². The molecule has 2 aliphatic heterocycles. The second-order valence-electron chi connectivity index (χ2n) is 9.89. The highest BCUT2D eigenvalue weighted by molar-refractivity contribution is 7.53. The number of nitrogens with two attached hydrogens (primary N) is 2. The number of aromatic amines is 1. The van der Waals surface area contributed by atoms with Gasteiger partial charge in [0.2, 0.25) is 5.95 Å². The number of anilines is 2. The summed E-state index contributed by atoms with van der Waals surface area (Å²) < 4.78 is 48.7. The molecule has 10 atom stereocenters. The number of rotatable bonds is 9. The Morgan fingerprint density at radius 3 is 2.34 bits per heavy atom. The molecular weight excluding hydrogens is 634 g/mol. The van der Waals surface area contributed by atoms with Crippen molar-refractivity contribution in [2.24, 2.45) is 0 Å². The van der Waals surface area contributed by atoms with Crippen LogP contribution in [0.3, 0.4) is 0 Å². The summed E-state index contributed by atoms with van der Waals surface area (Å²) >= 11 is 0. The Kier molecular flexibility index (Phi) is 8.01. The number of ether oxygens (including phenoxy) is 2. The number of imidazole rings is 2. The first-order chi connectivity index (χ1) is 20.9. The van der Waals surface area contributed by atoms with Gasteiger partial charge in [0.05, 0.1) is 25.9 Å². The minimum atomic E-state index is -4.99. The lowest BCUT2D eigenvalue weighted by Crippen LogP contribution is -2.36. The van der Waals surface area contributed by atoms with Crippen molar-refractivity contribution >= 4 is 49.9 Å². The lowest BCUT2D eigenvalue weighted by atomic mass is 10.1. The van der Waals surface area contributed by atoms with Crippen molar-refractivity contribution in [3.63, 3.8) is 0 Å². The zero-order valence-electron chi connectivity index (χ0n) is 22.1. The third-order valence-corrected chi connectivity index (χ3v) is 9.48. The zero-order valence-corrected chi connectivity index (χ0v) is 24.0. The average Bonchev–Trinajstić information content (AvgIpc) is 3.72. The molecule has 4 aromatic heterocycles. The molecule has 0 radical (unpaired) electrons. The normalized spacial score (nSPS) is 31.1. The molecule has 44 heavy (non-hydrogen) atoms. The fourth-order valence-electron chi connectivity index (χ4n) is 5.15. The average molecular weight is 660 g/mol. The molecule has 2 unspecified atom stereocenters. The summed E-state index contributed by atoms with van der Waals surface area (Å²) in [6.45, 7) is -1.42. The van der Waals surface area contributed by atoms with Gasteiger partial charge in [-0.1, -0.05) is 0 Å². The molecule has 24 heteroatoms. The third-order valence-electron chi connectivity index (χ3n) is 7.23. The number of H-pyrrole nitrogens is 1. The summed E-state index contributed by atoms with van der Waals surface area (Å²) in [6.07, 6.45) is -7.12. The number of nitrogens with one attached hydrogen (secondary N) is 1. The molecular formula is C20H26N10O12P2. The summed E-state index contributed by atoms with van der Waals surface area (Å²) in [7, 11) is -8.46. The van der Waals surface area contributed by atoms with Gasteiger partial charge in [-0.2, -0.15) is 4.98 Å². The van der Waals surface area contributed by atoms with E-state index in [0.29, 0.717) is 0 Å². The number of aliphatic hydroxyl groups is 3. The molecule has 0 aromatic carbocycles. The number of nitrogens with zero attached hydrogens (tertiary/aromatic N) is 7. The third kappa shape index (κ3) is 5.29. The van der Waals surface area contributed by atoms with E-state index < -0.39 is 83.3 Å². The number of aromatic nitrogens is 8. The van der Waals surface area contributed by atoms with E-state index in [-0.39, 0.29) is 34.1 Å². The zero-order chi connectivity index (χ0) is 31.5. The maximum atomic E-state index is 13.7. The van der Waals surface area contributed by atoms with Gasteiger partial charge in [-0.3, -0.25) is 28.0 Å². The smallest absolute Gasteiger partial charge is 0.338 e. The van der Waals surface area contributed by atoms with Crippen LogP contribution in [0.25, 0.3) is 22.3 Å². The standard InChI is InChI=1S/C20H26N10O12P2/c21-14-8-15(24-3-23-14)29(4-25-8)18-12(33)10(31)7(41-18)2-40-44(37,38)13-11(32)6(1-39-43(35)36)42-19(13)30-5-26-9-16(30)27-20(22)28-17(9)34/h3-7,10-13,18-19,31-33,43H,1-2H2,(H,35,36)(H,37,38)(H2,21,23,24)(H3,22,27,28,34)/t6-,7-,10-,11-,12+,13-,18-,19-/m1/s1. The van der Waals surface area contributed by atoms with Gasteiger partial charge >= 0.3 is 15.9 Å². The molecule has 22 nitrogen and oxygen atoms in total. The van der Waals surface area contributed by atoms with Gasteiger partial charge in [0.25, 0.3) is 5.56 Å². The number of nitrogen functional groups attached to an aromatic ring is 2. The maximum absolute atomic E-state index is 13.7. The predicted octanol–water partition coefficient (Wildman–Crippen LogP) is -3.03. The van der Waals surface area contributed by atoms with Gasteiger partial charge in [-0.25, -0.2) is 19.9 Å². The van der Waals surface area contributed by atoms with Crippen LogP contribution >= 0.6 is 15.9 Å². The first-order valence-electron chi connectivity index (χ1n) is 12.7. The lowest BCUT2D eigenvalue weighted by Gasteiger charge is -2.27. The maximum Gasteiger partial charge on any atom is 0.338 e. The second-order valence-corrected chi connectivity index (χ2v) is 12.7. The molecule has 0 saturated carbocycles. The molecule has 10 N–H and O–H groups in total. The second kappa shape index (κ2) is 11.5.